The Labute approximate surface area is 215 Å². The number of para-hydroxylation sites is 1. The second-order valence-corrected chi connectivity index (χ2v) is 10.4. The van der Waals surface area contributed by atoms with E-state index >= 15 is 0 Å². The molecule has 1 aromatic carbocycles. The lowest BCUT2D eigenvalue weighted by molar-refractivity contribution is 0.105. The molecule has 0 fully saturated rings. The van der Waals surface area contributed by atoms with E-state index in [0.29, 0.717) is 41.2 Å². The molecule has 0 aliphatic heterocycles. The van der Waals surface area contributed by atoms with Crippen molar-refractivity contribution >= 4 is 27.1 Å². The number of anilines is 1. The van der Waals surface area contributed by atoms with Gasteiger partial charge >= 0.3 is 0 Å². The SMILES string of the molecule is CCOc1cccc(-c2nc3ncc(NS(=O)(=O)CC(C)(C)O)nc3n2-c2c(OC)cccc2OC)n1.[HH]. The topological polar surface area (TPSA) is 151 Å². The lowest BCUT2D eigenvalue weighted by Crippen LogP contribution is -2.33. The van der Waals surface area contributed by atoms with Gasteiger partial charge in [-0.3, -0.25) is 9.29 Å². The van der Waals surface area contributed by atoms with Crippen LogP contribution in [-0.2, 0) is 10.0 Å². The first-order valence-corrected chi connectivity index (χ1v) is 13.0. The number of nitrogens with zero attached hydrogens (tertiary/aromatic N) is 5. The van der Waals surface area contributed by atoms with Crippen LogP contribution in [0.15, 0.2) is 42.6 Å². The van der Waals surface area contributed by atoms with E-state index in [1.54, 1.807) is 41.0 Å². The van der Waals surface area contributed by atoms with Gasteiger partial charge in [-0.2, -0.15) is 0 Å². The van der Waals surface area contributed by atoms with E-state index in [-0.39, 0.29) is 18.5 Å². The number of methoxy groups -OCH3 is 2. The minimum Gasteiger partial charge on any atom is -0.494 e. The Morgan fingerprint density at radius 1 is 1.05 bits per heavy atom. The van der Waals surface area contributed by atoms with E-state index in [9.17, 15) is 13.5 Å². The predicted molar refractivity (Wildman–Crippen MR) is 140 cm³/mol. The van der Waals surface area contributed by atoms with E-state index in [1.807, 2.05) is 6.92 Å². The molecule has 0 unspecified atom stereocenters. The molecule has 3 aromatic heterocycles. The molecule has 13 heteroatoms. The van der Waals surface area contributed by atoms with Crippen LogP contribution in [0.25, 0.3) is 28.5 Å². The lowest BCUT2D eigenvalue weighted by Gasteiger charge is -2.18. The zero-order chi connectivity index (χ0) is 26.8. The normalized spacial score (nSPS) is 11.9. The molecule has 0 aliphatic carbocycles. The van der Waals surface area contributed by atoms with Gasteiger partial charge in [-0.15, -0.1) is 0 Å². The van der Waals surface area contributed by atoms with Gasteiger partial charge in [-0.05, 0) is 39.0 Å². The van der Waals surface area contributed by atoms with E-state index in [1.165, 1.54) is 34.3 Å². The molecule has 4 aromatic rings. The molecule has 0 atom stereocenters. The monoisotopic (exact) mass is 530 g/mol. The van der Waals surface area contributed by atoms with Crippen molar-refractivity contribution in [2.24, 2.45) is 0 Å². The van der Waals surface area contributed by atoms with Crippen molar-refractivity contribution in [3.8, 4) is 34.6 Å². The van der Waals surface area contributed by atoms with Crippen LogP contribution in [0, 0.1) is 0 Å². The van der Waals surface area contributed by atoms with E-state index in [4.69, 9.17) is 14.2 Å². The number of sulfonamides is 1. The zero-order valence-electron chi connectivity index (χ0n) is 21.1. The fourth-order valence-electron chi connectivity index (χ4n) is 3.77. The number of rotatable bonds is 10. The maximum atomic E-state index is 12.6. The minimum absolute atomic E-state index is 0. The molecule has 4 rings (SSSR count). The summed E-state index contributed by atoms with van der Waals surface area (Å²) in [6.07, 6.45) is 1.26. The van der Waals surface area contributed by atoms with Crippen LogP contribution in [0.5, 0.6) is 17.4 Å². The summed E-state index contributed by atoms with van der Waals surface area (Å²) in [4.78, 5) is 18.1. The number of aromatic nitrogens is 5. The molecule has 0 saturated heterocycles. The van der Waals surface area contributed by atoms with Crippen LogP contribution >= 0.6 is 0 Å². The van der Waals surface area contributed by atoms with Crippen molar-refractivity contribution < 1.29 is 29.2 Å². The number of hydrogen-bond donors (Lipinski definition) is 2. The summed E-state index contributed by atoms with van der Waals surface area (Å²) in [5.74, 6) is 1.10. The number of pyridine rings is 1. The summed E-state index contributed by atoms with van der Waals surface area (Å²) in [6.45, 7) is 5.10. The molecule has 2 N–H and O–H groups in total. The Morgan fingerprint density at radius 2 is 1.73 bits per heavy atom. The number of imidazole rings is 1. The fraction of sp³-hybridized carbons (Fsp3) is 0.333. The van der Waals surface area contributed by atoms with Gasteiger partial charge in [0.2, 0.25) is 15.9 Å². The minimum atomic E-state index is -3.93. The van der Waals surface area contributed by atoms with Crippen LogP contribution in [-0.4, -0.2) is 70.2 Å². The third kappa shape index (κ3) is 5.73. The smallest absolute Gasteiger partial charge is 0.236 e. The van der Waals surface area contributed by atoms with Crippen LogP contribution in [0.3, 0.4) is 0 Å². The van der Waals surface area contributed by atoms with Crippen LogP contribution < -0.4 is 18.9 Å². The zero-order valence-corrected chi connectivity index (χ0v) is 21.9. The maximum absolute atomic E-state index is 12.6. The molecule has 3 heterocycles. The fourth-order valence-corrected chi connectivity index (χ4v) is 5.18. The summed E-state index contributed by atoms with van der Waals surface area (Å²) in [6, 6.07) is 10.6. The van der Waals surface area contributed by atoms with Gasteiger partial charge in [0.15, 0.2) is 22.9 Å². The van der Waals surface area contributed by atoms with E-state index in [0.717, 1.165) is 0 Å². The Bertz CT molecular complexity index is 1520. The summed E-state index contributed by atoms with van der Waals surface area (Å²) in [5, 5.41) is 9.99. The number of aliphatic hydroxyl groups is 1. The first kappa shape index (κ1) is 26.1. The first-order valence-electron chi connectivity index (χ1n) is 11.3. The van der Waals surface area contributed by atoms with Gasteiger partial charge in [0.05, 0.1) is 38.4 Å². The Morgan fingerprint density at radius 3 is 2.35 bits per heavy atom. The summed E-state index contributed by atoms with van der Waals surface area (Å²) < 4.78 is 46.0. The van der Waals surface area contributed by atoms with Crippen molar-refractivity contribution in [2.45, 2.75) is 26.4 Å². The van der Waals surface area contributed by atoms with E-state index < -0.39 is 21.4 Å². The van der Waals surface area contributed by atoms with E-state index in [2.05, 4.69) is 24.7 Å². The van der Waals surface area contributed by atoms with Gasteiger partial charge in [0.1, 0.15) is 22.9 Å². The van der Waals surface area contributed by atoms with Gasteiger partial charge in [-0.25, -0.2) is 28.4 Å². The molecule has 0 amide bonds. The third-order valence-electron chi connectivity index (χ3n) is 5.04. The van der Waals surface area contributed by atoms with Crippen molar-refractivity contribution in [1.29, 1.82) is 0 Å². The predicted octanol–water partition coefficient (Wildman–Crippen LogP) is 3.05. The number of fused-ring (bicyclic) bond motifs is 1. The second kappa shape index (κ2) is 10.2. The third-order valence-corrected chi connectivity index (χ3v) is 6.65. The average Bonchev–Trinajstić information content (AvgIpc) is 3.20. The summed E-state index contributed by atoms with van der Waals surface area (Å²) >= 11 is 0. The number of nitrogens with one attached hydrogen (secondary N) is 1. The second-order valence-electron chi connectivity index (χ2n) is 8.65. The molecule has 0 bridgehead atoms. The molecule has 0 radical (unpaired) electrons. The highest BCUT2D eigenvalue weighted by atomic mass is 32.2. The highest BCUT2D eigenvalue weighted by molar-refractivity contribution is 7.92. The average molecular weight is 531 g/mol. The quantitative estimate of drug-likeness (QED) is 0.313. The molecule has 0 saturated carbocycles. The summed E-state index contributed by atoms with van der Waals surface area (Å²) in [5.41, 5.74) is -0.0514. The van der Waals surface area contributed by atoms with Crippen molar-refractivity contribution in [1.82, 2.24) is 24.5 Å². The Balaban J connectivity index is 0.00000400. The van der Waals surface area contributed by atoms with Crippen LogP contribution in [0.1, 0.15) is 22.2 Å². The Hall–Kier alpha value is -3.97. The molecule has 198 valence electrons. The van der Waals surface area contributed by atoms with Gasteiger partial charge in [0.25, 0.3) is 0 Å². The van der Waals surface area contributed by atoms with Crippen LogP contribution in [0.4, 0.5) is 5.82 Å². The lowest BCUT2D eigenvalue weighted by atomic mass is 10.2. The van der Waals surface area contributed by atoms with Gasteiger partial charge < -0.3 is 19.3 Å². The molecule has 37 heavy (non-hydrogen) atoms. The van der Waals surface area contributed by atoms with Crippen molar-refractivity contribution in [3.05, 3.63) is 42.6 Å². The summed E-state index contributed by atoms with van der Waals surface area (Å²) in [7, 11) is -0.890. The standard InChI is InChI=1S/C24H28N6O6S.H2/c1-6-36-19-12-7-9-15(26-19)22-28-21-23(30(22)20-16(34-4)10-8-11-17(20)35-5)27-18(13-25-21)29-37(32,33)14-24(2,3)31;/h7-13,31H,6,14H2,1-5H3,(H,27,29);1H. The van der Waals surface area contributed by atoms with Gasteiger partial charge in [-0.1, -0.05) is 12.1 Å². The first-order chi connectivity index (χ1) is 17.5. The molecule has 0 spiro atoms. The van der Waals surface area contributed by atoms with Crippen molar-refractivity contribution in [2.75, 3.05) is 31.3 Å². The van der Waals surface area contributed by atoms with Crippen LogP contribution in [0.2, 0.25) is 0 Å². The number of ether oxygens (including phenoxy) is 3. The molecular formula is C24H30N6O6S. The molecular weight excluding hydrogens is 500 g/mol. The number of benzene rings is 1. The van der Waals surface area contributed by atoms with Crippen molar-refractivity contribution in [3.63, 3.8) is 0 Å². The maximum Gasteiger partial charge on any atom is 0.236 e. The largest absolute Gasteiger partial charge is 0.494 e. The molecule has 0 aliphatic rings. The van der Waals surface area contributed by atoms with Gasteiger partial charge in [0, 0.05) is 7.49 Å². The highest BCUT2D eigenvalue weighted by Gasteiger charge is 2.26. The molecule has 12 nitrogen and oxygen atoms in total. The number of hydrogen-bond acceptors (Lipinski definition) is 10. The Kier molecular flexibility index (Phi) is 7.18. The highest BCUT2D eigenvalue weighted by Crippen LogP contribution is 2.38.